The van der Waals surface area contributed by atoms with Crippen LogP contribution < -0.4 is 5.32 Å². The van der Waals surface area contributed by atoms with E-state index in [0.29, 0.717) is 10.1 Å². The van der Waals surface area contributed by atoms with E-state index in [4.69, 9.17) is 0 Å². The second kappa shape index (κ2) is 8.00. The van der Waals surface area contributed by atoms with Crippen molar-refractivity contribution < 1.29 is 4.79 Å². The Labute approximate surface area is 181 Å². The van der Waals surface area contributed by atoms with E-state index in [1.165, 1.54) is 34.1 Å². The number of nitrogens with one attached hydrogen (secondary N) is 1. The van der Waals surface area contributed by atoms with Crippen molar-refractivity contribution >= 4 is 34.6 Å². The first-order chi connectivity index (χ1) is 14.3. The molecule has 152 valence electrons. The Hall–Kier alpha value is -3.05. The highest BCUT2D eigenvalue weighted by molar-refractivity contribution is 8.18. The fourth-order valence-electron chi connectivity index (χ4n) is 3.79. The van der Waals surface area contributed by atoms with Crippen LogP contribution in [0, 0.1) is 34.6 Å². The number of aliphatic imine (C=N–C) groups is 1. The van der Waals surface area contributed by atoms with E-state index in [1.807, 2.05) is 37.3 Å². The Kier molecular flexibility index (Phi) is 5.39. The van der Waals surface area contributed by atoms with Crippen molar-refractivity contribution in [3.05, 3.63) is 87.1 Å². The van der Waals surface area contributed by atoms with Crippen molar-refractivity contribution in [1.29, 1.82) is 0 Å². The molecule has 1 aliphatic rings. The van der Waals surface area contributed by atoms with Gasteiger partial charge in [0.15, 0.2) is 5.17 Å². The Balaban J connectivity index is 1.67. The van der Waals surface area contributed by atoms with Crippen LogP contribution in [0.1, 0.15) is 33.6 Å². The van der Waals surface area contributed by atoms with E-state index < -0.39 is 0 Å². The molecule has 30 heavy (non-hydrogen) atoms. The lowest BCUT2D eigenvalue weighted by molar-refractivity contribution is -0.115. The summed E-state index contributed by atoms with van der Waals surface area (Å²) in [6.45, 7) is 10.5. The molecular weight excluding hydrogens is 390 g/mol. The summed E-state index contributed by atoms with van der Waals surface area (Å²) in [7, 11) is 0. The number of amides is 1. The molecule has 1 fully saturated rings. The van der Waals surface area contributed by atoms with Gasteiger partial charge in [-0.2, -0.15) is 0 Å². The quantitative estimate of drug-likeness (QED) is 0.541. The molecule has 2 aromatic carbocycles. The maximum Gasteiger partial charge on any atom is 0.264 e. The molecule has 0 radical (unpaired) electrons. The number of benzene rings is 2. The third kappa shape index (κ3) is 3.85. The van der Waals surface area contributed by atoms with Crippen molar-refractivity contribution in [3.63, 3.8) is 0 Å². The van der Waals surface area contributed by atoms with Crippen molar-refractivity contribution in [1.82, 2.24) is 9.88 Å². The number of hydrogen-bond acceptors (Lipinski definition) is 3. The van der Waals surface area contributed by atoms with E-state index in [9.17, 15) is 4.79 Å². The predicted octanol–water partition coefficient (Wildman–Crippen LogP) is 5.91. The SMILES string of the molecule is Cc1ccc(N=C2NC(=O)/C(=C\c3cc(C)n(-c4c(C)cccc4C)c3C)S2)cc1. The maximum atomic E-state index is 12.5. The standard InChI is InChI=1S/C25H25N3OS/c1-15-9-11-21(12-10-15)26-25-27-24(29)22(30-25)14-20-13-18(4)28(19(20)5)23-16(2)7-6-8-17(23)3/h6-14H,1-5H3,(H,26,27,29)/b22-14+. The maximum absolute atomic E-state index is 12.5. The summed E-state index contributed by atoms with van der Waals surface area (Å²) in [5, 5.41) is 3.49. The number of para-hydroxylation sites is 1. The summed E-state index contributed by atoms with van der Waals surface area (Å²) in [6.07, 6.45) is 1.96. The van der Waals surface area contributed by atoms with Gasteiger partial charge in [-0.15, -0.1) is 0 Å². The number of carbonyl (C=O) groups excluding carboxylic acids is 1. The summed E-state index contributed by atoms with van der Waals surface area (Å²) in [5.74, 6) is -0.109. The van der Waals surface area contributed by atoms with Gasteiger partial charge < -0.3 is 9.88 Å². The lowest BCUT2D eigenvalue weighted by Gasteiger charge is -2.15. The number of amidine groups is 1. The Bertz CT molecular complexity index is 1180. The van der Waals surface area contributed by atoms with Crippen LogP contribution >= 0.6 is 11.8 Å². The van der Waals surface area contributed by atoms with Crippen LogP contribution in [0.25, 0.3) is 11.8 Å². The fourth-order valence-corrected chi connectivity index (χ4v) is 4.63. The van der Waals surface area contributed by atoms with Crippen molar-refractivity contribution in [2.75, 3.05) is 0 Å². The first kappa shape index (κ1) is 20.2. The molecule has 0 spiro atoms. The lowest BCUT2D eigenvalue weighted by Crippen LogP contribution is -2.19. The van der Waals surface area contributed by atoms with Gasteiger partial charge in [0, 0.05) is 11.4 Å². The van der Waals surface area contributed by atoms with Gasteiger partial charge in [0.2, 0.25) is 0 Å². The molecule has 0 aliphatic carbocycles. The van der Waals surface area contributed by atoms with Gasteiger partial charge in [-0.05, 0) is 87.3 Å². The number of hydrogen-bond donors (Lipinski definition) is 1. The van der Waals surface area contributed by atoms with Crippen molar-refractivity contribution in [2.45, 2.75) is 34.6 Å². The zero-order chi connectivity index (χ0) is 21.4. The van der Waals surface area contributed by atoms with Crippen LogP contribution in [0.15, 0.2) is 58.4 Å². The zero-order valence-electron chi connectivity index (χ0n) is 17.9. The summed E-state index contributed by atoms with van der Waals surface area (Å²) in [6, 6.07) is 16.4. The van der Waals surface area contributed by atoms with Crippen molar-refractivity contribution in [3.8, 4) is 5.69 Å². The third-order valence-corrected chi connectivity index (χ3v) is 6.25. The zero-order valence-corrected chi connectivity index (χ0v) is 18.7. The second-order valence-electron chi connectivity index (χ2n) is 7.72. The van der Waals surface area contributed by atoms with E-state index >= 15 is 0 Å². The Morgan fingerprint density at radius 2 is 1.63 bits per heavy atom. The molecule has 4 rings (SSSR count). The summed E-state index contributed by atoms with van der Waals surface area (Å²) in [4.78, 5) is 17.7. The van der Waals surface area contributed by atoms with E-state index in [2.05, 4.69) is 66.8 Å². The minimum absolute atomic E-state index is 0.109. The normalized spacial score (nSPS) is 16.5. The molecule has 0 atom stereocenters. The van der Waals surface area contributed by atoms with Gasteiger partial charge in [0.05, 0.1) is 16.3 Å². The molecule has 0 bridgehead atoms. The Morgan fingerprint density at radius 3 is 2.30 bits per heavy atom. The molecule has 1 saturated heterocycles. The number of carbonyl (C=O) groups is 1. The molecule has 5 heteroatoms. The molecular formula is C25H25N3OS. The van der Waals surface area contributed by atoms with E-state index in [1.54, 1.807) is 0 Å². The summed E-state index contributed by atoms with van der Waals surface area (Å²) >= 11 is 1.38. The molecule has 3 aromatic rings. The van der Waals surface area contributed by atoms with Crippen LogP contribution in [0.5, 0.6) is 0 Å². The van der Waals surface area contributed by atoms with Crippen LogP contribution in [0.4, 0.5) is 5.69 Å². The van der Waals surface area contributed by atoms with Gasteiger partial charge in [0.25, 0.3) is 5.91 Å². The van der Waals surface area contributed by atoms with Gasteiger partial charge >= 0.3 is 0 Å². The third-order valence-electron chi connectivity index (χ3n) is 5.34. The highest BCUT2D eigenvalue weighted by Crippen LogP contribution is 2.31. The first-order valence-electron chi connectivity index (χ1n) is 9.95. The molecule has 2 heterocycles. The number of aryl methyl sites for hydroxylation is 4. The van der Waals surface area contributed by atoms with Gasteiger partial charge in [-0.3, -0.25) is 4.79 Å². The largest absolute Gasteiger partial charge is 0.317 e. The number of aromatic nitrogens is 1. The van der Waals surface area contributed by atoms with Crippen LogP contribution in [-0.2, 0) is 4.79 Å². The molecule has 0 unspecified atom stereocenters. The van der Waals surface area contributed by atoms with Gasteiger partial charge in [-0.1, -0.05) is 35.9 Å². The minimum Gasteiger partial charge on any atom is -0.317 e. The second-order valence-corrected chi connectivity index (χ2v) is 8.75. The molecule has 1 N–H and O–H groups in total. The first-order valence-corrected chi connectivity index (χ1v) is 10.8. The van der Waals surface area contributed by atoms with Crippen LogP contribution in [0.3, 0.4) is 0 Å². The number of rotatable bonds is 3. The summed E-state index contributed by atoms with van der Waals surface area (Å²) < 4.78 is 2.27. The molecule has 1 aliphatic heterocycles. The molecule has 1 aromatic heterocycles. The van der Waals surface area contributed by atoms with Gasteiger partial charge in [-0.25, -0.2) is 4.99 Å². The number of nitrogens with zero attached hydrogens (tertiary/aromatic N) is 2. The summed E-state index contributed by atoms with van der Waals surface area (Å²) in [5.41, 5.74) is 9.00. The highest BCUT2D eigenvalue weighted by Gasteiger charge is 2.25. The topological polar surface area (TPSA) is 46.4 Å². The van der Waals surface area contributed by atoms with Crippen LogP contribution in [-0.4, -0.2) is 15.6 Å². The van der Waals surface area contributed by atoms with Crippen LogP contribution in [0.2, 0.25) is 0 Å². The smallest absolute Gasteiger partial charge is 0.264 e. The van der Waals surface area contributed by atoms with E-state index in [-0.39, 0.29) is 5.91 Å². The Morgan fingerprint density at radius 1 is 0.967 bits per heavy atom. The fraction of sp³-hybridized carbons (Fsp3) is 0.200. The molecule has 0 saturated carbocycles. The number of thioether (sulfide) groups is 1. The molecule has 4 nitrogen and oxygen atoms in total. The van der Waals surface area contributed by atoms with Gasteiger partial charge in [0.1, 0.15) is 0 Å². The monoisotopic (exact) mass is 415 g/mol. The minimum atomic E-state index is -0.109. The van der Waals surface area contributed by atoms with E-state index in [0.717, 1.165) is 22.6 Å². The van der Waals surface area contributed by atoms with Crippen molar-refractivity contribution in [2.24, 2.45) is 4.99 Å². The lowest BCUT2D eigenvalue weighted by atomic mass is 10.1. The highest BCUT2D eigenvalue weighted by atomic mass is 32.2. The predicted molar refractivity (Wildman–Crippen MR) is 127 cm³/mol. The molecule has 1 amide bonds. The average molecular weight is 416 g/mol. The average Bonchev–Trinajstić information content (AvgIpc) is 3.17.